The van der Waals surface area contributed by atoms with Crippen molar-refractivity contribution >= 4 is 12.2 Å². The minimum absolute atomic E-state index is 0.382. The second kappa shape index (κ2) is 5.40. The minimum Gasteiger partial charge on any atom is -0.354 e. The molecule has 1 N–H and O–H groups in total. The van der Waals surface area contributed by atoms with Crippen LogP contribution >= 0.6 is 0 Å². The molecule has 0 spiro atoms. The molecule has 104 valence electrons. The fourth-order valence-electron chi connectivity index (χ4n) is 2.25. The average Bonchev–Trinajstić information content (AvgIpc) is 2.92. The topological polar surface area (TPSA) is 59.8 Å². The summed E-state index contributed by atoms with van der Waals surface area (Å²) in [5.41, 5.74) is 1.40. The Hall–Kier alpha value is -2.24. The van der Waals surface area contributed by atoms with Gasteiger partial charge in [0, 0.05) is 24.5 Å². The quantitative estimate of drug-likeness (QED) is 0.849. The Morgan fingerprint density at radius 1 is 1.40 bits per heavy atom. The van der Waals surface area contributed by atoms with E-state index in [0.717, 1.165) is 12.0 Å². The standard InChI is InChI=1S/C14H15FN4O/c15-12-3-11(4-12)5-16-14-17-6-13(7-18-14)19-2-1-10(8-19)9-20/h1-2,6-9,11-12H,3-5H2,(H,16,17,18). The zero-order valence-electron chi connectivity index (χ0n) is 10.9. The van der Waals surface area contributed by atoms with Gasteiger partial charge in [-0.1, -0.05) is 0 Å². The first kappa shape index (κ1) is 12.8. The first-order valence-electron chi connectivity index (χ1n) is 6.58. The van der Waals surface area contributed by atoms with Gasteiger partial charge in [-0.3, -0.25) is 4.79 Å². The lowest BCUT2D eigenvalue weighted by atomic mass is 9.83. The molecule has 0 atom stereocenters. The van der Waals surface area contributed by atoms with Crippen LogP contribution in [0.3, 0.4) is 0 Å². The van der Waals surface area contributed by atoms with Crippen molar-refractivity contribution in [2.24, 2.45) is 5.92 Å². The van der Waals surface area contributed by atoms with Crippen LogP contribution in [-0.4, -0.2) is 33.5 Å². The molecule has 1 saturated carbocycles. The maximum Gasteiger partial charge on any atom is 0.222 e. The summed E-state index contributed by atoms with van der Waals surface area (Å²) in [7, 11) is 0. The third kappa shape index (κ3) is 2.68. The number of rotatable bonds is 5. The molecule has 1 fully saturated rings. The Bertz CT molecular complexity index is 589. The maximum atomic E-state index is 12.7. The van der Waals surface area contributed by atoms with Crippen molar-refractivity contribution in [1.82, 2.24) is 14.5 Å². The SMILES string of the molecule is O=Cc1ccn(-c2cnc(NCC3CC(F)C3)nc2)c1. The molecule has 0 bridgehead atoms. The van der Waals surface area contributed by atoms with E-state index in [1.165, 1.54) is 0 Å². The van der Waals surface area contributed by atoms with E-state index in [1.54, 1.807) is 35.4 Å². The van der Waals surface area contributed by atoms with E-state index in [4.69, 9.17) is 0 Å². The lowest BCUT2D eigenvalue weighted by Crippen LogP contribution is -2.30. The van der Waals surface area contributed by atoms with Crippen molar-refractivity contribution in [3.8, 4) is 5.69 Å². The van der Waals surface area contributed by atoms with Gasteiger partial charge in [0.15, 0.2) is 6.29 Å². The third-order valence-corrected chi connectivity index (χ3v) is 3.52. The molecular formula is C14H15FN4O. The van der Waals surface area contributed by atoms with Gasteiger partial charge >= 0.3 is 0 Å². The lowest BCUT2D eigenvalue weighted by molar-refractivity contribution is 0.112. The van der Waals surface area contributed by atoms with Crippen molar-refractivity contribution in [3.05, 3.63) is 36.4 Å². The van der Waals surface area contributed by atoms with Gasteiger partial charge in [0.1, 0.15) is 6.17 Å². The normalized spacial score (nSPS) is 21.2. The predicted molar refractivity (Wildman–Crippen MR) is 72.9 cm³/mol. The van der Waals surface area contributed by atoms with Crippen molar-refractivity contribution < 1.29 is 9.18 Å². The van der Waals surface area contributed by atoms with Crippen LogP contribution in [0.25, 0.3) is 5.69 Å². The van der Waals surface area contributed by atoms with E-state index < -0.39 is 6.17 Å². The van der Waals surface area contributed by atoms with E-state index in [9.17, 15) is 9.18 Å². The van der Waals surface area contributed by atoms with Gasteiger partial charge in [-0.15, -0.1) is 0 Å². The van der Waals surface area contributed by atoms with Gasteiger partial charge in [-0.25, -0.2) is 14.4 Å². The summed E-state index contributed by atoms with van der Waals surface area (Å²) in [6.07, 6.45) is 8.28. The van der Waals surface area contributed by atoms with Crippen molar-refractivity contribution in [3.63, 3.8) is 0 Å². The average molecular weight is 274 g/mol. The smallest absolute Gasteiger partial charge is 0.222 e. The van der Waals surface area contributed by atoms with Crippen LogP contribution in [0.15, 0.2) is 30.9 Å². The first-order valence-corrected chi connectivity index (χ1v) is 6.58. The number of halogens is 1. The predicted octanol–water partition coefficient (Wildman–Crippen LogP) is 2.24. The highest BCUT2D eigenvalue weighted by Gasteiger charge is 2.28. The zero-order chi connectivity index (χ0) is 13.9. The number of nitrogens with one attached hydrogen (secondary N) is 1. The highest BCUT2D eigenvalue weighted by Crippen LogP contribution is 2.29. The zero-order valence-corrected chi connectivity index (χ0v) is 10.9. The Morgan fingerprint density at radius 3 is 2.75 bits per heavy atom. The number of hydrogen-bond donors (Lipinski definition) is 1. The van der Waals surface area contributed by atoms with E-state index >= 15 is 0 Å². The third-order valence-electron chi connectivity index (χ3n) is 3.52. The van der Waals surface area contributed by atoms with Crippen molar-refractivity contribution in [2.45, 2.75) is 19.0 Å². The van der Waals surface area contributed by atoms with Gasteiger partial charge in [-0.05, 0) is 24.8 Å². The van der Waals surface area contributed by atoms with Crippen LogP contribution in [0.4, 0.5) is 10.3 Å². The molecule has 2 aromatic heterocycles. The highest BCUT2D eigenvalue weighted by atomic mass is 19.1. The number of carbonyl (C=O) groups is 1. The number of anilines is 1. The van der Waals surface area contributed by atoms with E-state index in [2.05, 4.69) is 15.3 Å². The van der Waals surface area contributed by atoms with Crippen molar-refractivity contribution in [1.29, 1.82) is 0 Å². The second-order valence-corrected chi connectivity index (χ2v) is 5.05. The van der Waals surface area contributed by atoms with E-state index in [1.807, 2.05) is 0 Å². The van der Waals surface area contributed by atoms with Crippen LogP contribution in [0.2, 0.25) is 0 Å². The first-order chi connectivity index (χ1) is 9.74. The summed E-state index contributed by atoms with van der Waals surface area (Å²) < 4.78 is 14.5. The van der Waals surface area contributed by atoms with Crippen molar-refractivity contribution in [2.75, 3.05) is 11.9 Å². The molecule has 20 heavy (non-hydrogen) atoms. The fraction of sp³-hybridized carbons (Fsp3) is 0.357. The Balaban J connectivity index is 1.60. The van der Waals surface area contributed by atoms with Gasteiger partial charge < -0.3 is 9.88 Å². The van der Waals surface area contributed by atoms with Crippen LogP contribution in [0.5, 0.6) is 0 Å². The molecule has 5 nitrogen and oxygen atoms in total. The molecule has 1 aliphatic rings. The summed E-state index contributed by atoms with van der Waals surface area (Å²) in [4.78, 5) is 19.1. The van der Waals surface area contributed by atoms with Gasteiger partial charge in [0.25, 0.3) is 0 Å². The number of hydrogen-bond acceptors (Lipinski definition) is 4. The number of aromatic nitrogens is 3. The molecule has 6 heteroatoms. The summed E-state index contributed by atoms with van der Waals surface area (Å²) in [6.45, 7) is 0.707. The lowest BCUT2D eigenvalue weighted by Gasteiger charge is -2.29. The summed E-state index contributed by atoms with van der Waals surface area (Å²) in [5, 5.41) is 3.11. The molecule has 0 radical (unpaired) electrons. The molecule has 2 heterocycles. The molecule has 0 unspecified atom stereocenters. The molecule has 0 amide bonds. The fourth-order valence-corrected chi connectivity index (χ4v) is 2.25. The van der Waals surface area contributed by atoms with Crippen LogP contribution in [-0.2, 0) is 0 Å². The second-order valence-electron chi connectivity index (χ2n) is 5.05. The van der Waals surface area contributed by atoms with Gasteiger partial charge in [0.2, 0.25) is 5.95 Å². The number of nitrogens with zero attached hydrogens (tertiary/aromatic N) is 3. The number of aldehydes is 1. The van der Waals surface area contributed by atoms with Crippen LogP contribution in [0, 0.1) is 5.92 Å². The Labute approximate surface area is 115 Å². The summed E-state index contributed by atoms with van der Waals surface area (Å²) in [6, 6.07) is 1.73. The van der Waals surface area contributed by atoms with Crippen LogP contribution in [0.1, 0.15) is 23.2 Å². The minimum atomic E-state index is -0.633. The van der Waals surface area contributed by atoms with E-state index in [0.29, 0.717) is 36.8 Å². The monoisotopic (exact) mass is 274 g/mol. The molecule has 3 rings (SSSR count). The highest BCUT2D eigenvalue weighted by molar-refractivity contribution is 5.74. The number of carbonyl (C=O) groups excluding carboxylic acids is 1. The molecule has 0 aliphatic heterocycles. The van der Waals surface area contributed by atoms with Gasteiger partial charge in [-0.2, -0.15) is 0 Å². The molecule has 1 aliphatic carbocycles. The Morgan fingerprint density at radius 2 is 2.15 bits per heavy atom. The molecule has 2 aromatic rings. The largest absolute Gasteiger partial charge is 0.354 e. The Kier molecular flexibility index (Phi) is 3.45. The van der Waals surface area contributed by atoms with Crippen LogP contribution < -0.4 is 5.32 Å². The van der Waals surface area contributed by atoms with Gasteiger partial charge in [0.05, 0.1) is 18.1 Å². The maximum absolute atomic E-state index is 12.7. The molecular weight excluding hydrogens is 259 g/mol. The molecule has 0 aromatic carbocycles. The molecule has 0 saturated heterocycles. The van der Waals surface area contributed by atoms with E-state index in [-0.39, 0.29) is 0 Å². The summed E-state index contributed by atoms with van der Waals surface area (Å²) in [5.74, 6) is 0.923. The summed E-state index contributed by atoms with van der Waals surface area (Å²) >= 11 is 0. The number of alkyl halides is 1.